The Morgan fingerprint density at radius 3 is 2.72 bits per heavy atom. The van der Waals surface area contributed by atoms with Crippen molar-refractivity contribution in [2.75, 3.05) is 13.2 Å². The van der Waals surface area contributed by atoms with Gasteiger partial charge >= 0.3 is 0 Å². The topological polar surface area (TPSA) is 41.5 Å². The largest absolute Gasteiger partial charge is 0.386 e. The molecule has 2 saturated carbocycles. The van der Waals surface area contributed by atoms with E-state index in [1.807, 2.05) is 6.92 Å². The molecule has 104 valence electrons. The van der Waals surface area contributed by atoms with Crippen molar-refractivity contribution in [1.82, 2.24) is 5.32 Å². The second kappa shape index (κ2) is 5.10. The molecule has 0 amide bonds. The maximum atomic E-state index is 10.5. The fourth-order valence-electron chi connectivity index (χ4n) is 3.73. The number of aliphatic hydroxyl groups is 1. The Morgan fingerprint density at radius 2 is 2.06 bits per heavy atom. The first-order valence-electron chi connectivity index (χ1n) is 7.75. The zero-order valence-corrected chi connectivity index (χ0v) is 11.5. The van der Waals surface area contributed by atoms with Crippen LogP contribution in [0, 0.1) is 11.8 Å². The Balaban J connectivity index is 1.47. The van der Waals surface area contributed by atoms with Crippen LogP contribution in [0.1, 0.15) is 51.9 Å². The molecular weight excluding hydrogens is 226 g/mol. The SMILES string of the molecule is CC1OCCC1(O)CNC1CCCC(C2CC2)C1. The van der Waals surface area contributed by atoms with Gasteiger partial charge in [0, 0.05) is 25.6 Å². The van der Waals surface area contributed by atoms with E-state index in [0.29, 0.717) is 19.2 Å². The van der Waals surface area contributed by atoms with Crippen LogP contribution >= 0.6 is 0 Å². The van der Waals surface area contributed by atoms with Gasteiger partial charge in [0.25, 0.3) is 0 Å². The molecule has 1 aliphatic heterocycles. The average molecular weight is 253 g/mol. The van der Waals surface area contributed by atoms with Gasteiger partial charge < -0.3 is 15.2 Å². The Hall–Kier alpha value is -0.120. The van der Waals surface area contributed by atoms with Crippen molar-refractivity contribution >= 4 is 0 Å². The molecule has 3 rings (SSSR count). The fourth-order valence-corrected chi connectivity index (χ4v) is 3.73. The summed E-state index contributed by atoms with van der Waals surface area (Å²) in [5.41, 5.74) is -0.632. The van der Waals surface area contributed by atoms with E-state index in [-0.39, 0.29) is 6.10 Å². The first-order valence-corrected chi connectivity index (χ1v) is 7.75. The number of hydrogen-bond acceptors (Lipinski definition) is 3. The second-order valence-electron chi connectivity index (χ2n) is 6.71. The van der Waals surface area contributed by atoms with Crippen LogP contribution in [0.25, 0.3) is 0 Å². The zero-order chi connectivity index (χ0) is 12.6. The summed E-state index contributed by atoms with van der Waals surface area (Å²) < 4.78 is 5.49. The van der Waals surface area contributed by atoms with Crippen molar-refractivity contribution in [3.05, 3.63) is 0 Å². The first kappa shape index (κ1) is 12.9. The number of rotatable bonds is 4. The van der Waals surface area contributed by atoms with E-state index in [1.54, 1.807) is 0 Å². The van der Waals surface area contributed by atoms with Crippen LogP contribution in [0.15, 0.2) is 0 Å². The van der Waals surface area contributed by atoms with E-state index in [9.17, 15) is 5.11 Å². The van der Waals surface area contributed by atoms with Crippen LogP contribution in [-0.2, 0) is 4.74 Å². The summed E-state index contributed by atoms with van der Waals surface area (Å²) in [5, 5.41) is 14.1. The number of ether oxygens (including phenoxy) is 1. The van der Waals surface area contributed by atoms with Gasteiger partial charge in [0.15, 0.2) is 0 Å². The van der Waals surface area contributed by atoms with Crippen molar-refractivity contribution < 1.29 is 9.84 Å². The molecule has 0 bridgehead atoms. The maximum absolute atomic E-state index is 10.5. The molecule has 1 saturated heterocycles. The summed E-state index contributed by atoms with van der Waals surface area (Å²) in [5.74, 6) is 1.99. The van der Waals surface area contributed by atoms with E-state index >= 15 is 0 Å². The minimum Gasteiger partial charge on any atom is -0.386 e. The highest BCUT2D eigenvalue weighted by molar-refractivity contribution is 4.94. The molecule has 3 fully saturated rings. The van der Waals surface area contributed by atoms with E-state index < -0.39 is 5.60 Å². The highest BCUT2D eigenvalue weighted by Crippen LogP contribution is 2.44. The lowest BCUT2D eigenvalue weighted by atomic mass is 9.82. The van der Waals surface area contributed by atoms with Gasteiger partial charge in [-0.05, 0) is 44.4 Å². The zero-order valence-electron chi connectivity index (χ0n) is 11.5. The molecule has 0 aromatic rings. The highest BCUT2D eigenvalue weighted by Gasteiger charge is 2.40. The van der Waals surface area contributed by atoms with Gasteiger partial charge in [0.2, 0.25) is 0 Å². The van der Waals surface area contributed by atoms with Crippen molar-refractivity contribution in [2.45, 2.75) is 69.6 Å². The van der Waals surface area contributed by atoms with Gasteiger partial charge in [-0.3, -0.25) is 0 Å². The van der Waals surface area contributed by atoms with Crippen molar-refractivity contribution in [3.8, 4) is 0 Å². The molecular formula is C15H27NO2. The van der Waals surface area contributed by atoms with Gasteiger partial charge in [0.1, 0.15) is 5.60 Å². The van der Waals surface area contributed by atoms with Crippen LogP contribution in [0.2, 0.25) is 0 Å². The van der Waals surface area contributed by atoms with Gasteiger partial charge in [-0.1, -0.05) is 12.8 Å². The molecule has 0 aromatic heterocycles. The summed E-state index contributed by atoms with van der Waals surface area (Å²) in [7, 11) is 0. The van der Waals surface area contributed by atoms with Gasteiger partial charge in [-0.25, -0.2) is 0 Å². The summed E-state index contributed by atoms with van der Waals surface area (Å²) in [6, 6.07) is 0.626. The second-order valence-corrected chi connectivity index (χ2v) is 6.71. The third kappa shape index (κ3) is 2.73. The third-order valence-electron chi connectivity index (χ3n) is 5.36. The van der Waals surface area contributed by atoms with Crippen LogP contribution < -0.4 is 5.32 Å². The highest BCUT2D eigenvalue weighted by atomic mass is 16.5. The first-order chi connectivity index (χ1) is 8.67. The Morgan fingerprint density at radius 1 is 1.22 bits per heavy atom. The molecule has 4 atom stereocenters. The molecule has 0 spiro atoms. The van der Waals surface area contributed by atoms with Crippen LogP contribution in [0.3, 0.4) is 0 Å². The lowest BCUT2D eigenvalue weighted by Gasteiger charge is -2.33. The summed E-state index contributed by atoms with van der Waals surface area (Å²) >= 11 is 0. The molecule has 3 heteroatoms. The van der Waals surface area contributed by atoms with E-state index in [0.717, 1.165) is 18.3 Å². The molecule has 2 aliphatic carbocycles. The quantitative estimate of drug-likeness (QED) is 0.806. The van der Waals surface area contributed by atoms with Gasteiger partial charge in [-0.2, -0.15) is 0 Å². The summed E-state index contributed by atoms with van der Waals surface area (Å²) in [4.78, 5) is 0. The fraction of sp³-hybridized carbons (Fsp3) is 1.00. The summed E-state index contributed by atoms with van der Waals surface area (Å²) in [6.45, 7) is 3.40. The average Bonchev–Trinajstić information content (AvgIpc) is 3.16. The van der Waals surface area contributed by atoms with Crippen molar-refractivity contribution in [3.63, 3.8) is 0 Å². The predicted molar refractivity (Wildman–Crippen MR) is 71.5 cm³/mol. The monoisotopic (exact) mass is 253 g/mol. The van der Waals surface area contributed by atoms with E-state index in [4.69, 9.17) is 4.74 Å². The summed E-state index contributed by atoms with van der Waals surface area (Å²) in [6.07, 6.45) is 9.10. The van der Waals surface area contributed by atoms with E-state index in [2.05, 4.69) is 5.32 Å². The van der Waals surface area contributed by atoms with E-state index in [1.165, 1.54) is 38.5 Å². The lowest BCUT2D eigenvalue weighted by molar-refractivity contribution is -0.0287. The molecule has 3 nitrogen and oxygen atoms in total. The number of hydrogen-bond donors (Lipinski definition) is 2. The predicted octanol–water partition coefficient (Wildman–Crippen LogP) is 2.08. The normalized spacial score (nSPS) is 45.3. The molecule has 2 N–H and O–H groups in total. The molecule has 4 unspecified atom stereocenters. The van der Waals surface area contributed by atoms with Crippen LogP contribution in [0.4, 0.5) is 0 Å². The number of nitrogens with one attached hydrogen (secondary N) is 1. The Bertz CT molecular complexity index is 292. The van der Waals surface area contributed by atoms with Crippen molar-refractivity contribution in [1.29, 1.82) is 0 Å². The standard InChI is InChI=1S/C15H27NO2/c1-11-15(17,7-8-18-11)10-16-14-4-2-3-13(9-14)12-5-6-12/h11-14,16-17H,2-10H2,1H3. The lowest BCUT2D eigenvalue weighted by Crippen LogP contribution is -2.49. The van der Waals surface area contributed by atoms with Crippen LogP contribution in [-0.4, -0.2) is 36.0 Å². The third-order valence-corrected chi connectivity index (χ3v) is 5.36. The smallest absolute Gasteiger partial charge is 0.105 e. The minimum absolute atomic E-state index is 0.0205. The Labute approximate surface area is 110 Å². The molecule has 18 heavy (non-hydrogen) atoms. The molecule has 3 aliphatic rings. The van der Waals surface area contributed by atoms with Gasteiger partial charge in [0.05, 0.1) is 6.10 Å². The van der Waals surface area contributed by atoms with Gasteiger partial charge in [-0.15, -0.1) is 0 Å². The molecule has 0 aromatic carbocycles. The minimum atomic E-state index is -0.632. The maximum Gasteiger partial charge on any atom is 0.105 e. The van der Waals surface area contributed by atoms with Crippen LogP contribution in [0.5, 0.6) is 0 Å². The molecule has 1 heterocycles. The Kier molecular flexibility index (Phi) is 3.65. The molecule has 0 radical (unpaired) electrons. The van der Waals surface area contributed by atoms with Crippen molar-refractivity contribution in [2.24, 2.45) is 11.8 Å².